The molecule has 1 N–H and O–H groups in total. The summed E-state index contributed by atoms with van der Waals surface area (Å²) >= 11 is 0. The van der Waals surface area contributed by atoms with Gasteiger partial charge in [0.05, 0.1) is 6.61 Å². The van der Waals surface area contributed by atoms with E-state index in [0.717, 1.165) is 29.0 Å². The second-order valence-corrected chi connectivity index (χ2v) is 9.05. The Morgan fingerprint density at radius 2 is 1.91 bits per heavy atom. The average molecular weight is 479 g/mol. The number of carbonyl (C=O) groups is 2. The lowest BCUT2D eigenvalue weighted by Gasteiger charge is -2.30. The van der Waals surface area contributed by atoms with Crippen LogP contribution in [0.3, 0.4) is 0 Å². The molecular weight excluding hydrogens is 448 g/mol. The standard InChI is InChI=1S/C27H30N2O6/c1-3-32-23-14-20-12-17(2)35-24(20)13-19(23)4-7-26(30)29-10-8-18(9-11-29)27(31)28-21-5-6-22-25(15-21)34-16-33-22/h4-7,13-15,17-18H,3,8-12,16H2,1-2H3,(H,28,31). The van der Waals surface area contributed by atoms with Gasteiger partial charge in [0.25, 0.3) is 0 Å². The SMILES string of the molecule is CCOc1cc2c(cc1C=CC(=O)N1CCC(C(=O)Nc3ccc4c(c3)OCO4)CC1)OC(C)C2. The van der Waals surface area contributed by atoms with Crippen LogP contribution >= 0.6 is 0 Å². The normalized spacial score (nSPS) is 18.9. The molecule has 1 unspecified atom stereocenters. The fraction of sp³-hybridized carbons (Fsp3) is 0.407. The number of benzene rings is 2. The molecule has 1 fully saturated rings. The molecule has 3 aliphatic heterocycles. The summed E-state index contributed by atoms with van der Waals surface area (Å²) in [6.07, 6.45) is 5.60. The Bertz CT molecular complexity index is 1150. The first-order valence-corrected chi connectivity index (χ1v) is 12.1. The molecule has 3 heterocycles. The van der Waals surface area contributed by atoms with E-state index in [2.05, 4.69) is 5.32 Å². The van der Waals surface area contributed by atoms with E-state index in [-0.39, 0.29) is 30.6 Å². The van der Waals surface area contributed by atoms with Gasteiger partial charge in [0.15, 0.2) is 11.5 Å². The average Bonchev–Trinajstić information content (AvgIpc) is 3.47. The summed E-state index contributed by atoms with van der Waals surface area (Å²) in [7, 11) is 0. The van der Waals surface area contributed by atoms with Crippen molar-refractivity contribution in [2.24, 2.45) is 5.92 Å². The summed E-state index contributed by atoms with van der Waals surface area (Å²) in [6.45, 7) is 5.79. The predicted molar refractivity (Wildman–Crippen MR) is 131 cm³/mol. The highest BCUT2D eigenvalue weighted by Crippen LogP contribution is 2.36. The number of likely N-dealkylation sites (tertiary alicyclic amines) is 1. The zero-order valence-corrected chi connectivity index (χ0v) is 20.0. The molecule has 0 bridgehead atoms. The Labute approximate surface area is 204 Å². The first kappa shape index (κ1) is 23.1. The summed E-state index contributed by atoms with van der Waals surface area (Å²) in [5, 5.41) is 2.96. The van der Waals surface area contributed by atoms with Crippen LogP contribution in [0.5, 0.6) is 23.0 Å². The molecule has 5 rings (SSSR count). The second-order valence-electron chi connectivity index (χ2n) is 9.05. The molecule has 0 spiro atoms. The molecule has 8 nitrogen and oxygen atoms in total. The number of fused-ring (bicyclic) bond motifs is 2. The highest BCUT2D eigenvalue weighted by molar-refractivity contribution is 5.94. The number of hydrogen-bond donors (Lipinski definition) is 1. The van der Waals surface area contributed by atoms with Crippen LogP contribution in [-0.4, -0.2) is 49.3 Å². The van der Waals surface area contributed by atoms with Crippen molar-refractivity contribution in [1.82, 2.24) is 4.90 Å². The van der Waals surface area contributed by atoms with Gasteiger partial charge < -0.3 is 29.2 Å². The number of nitrogens with zero attached hydrogens (tertiary/aromatic N) is 1. The molecular formula is C27H30N2O6. The van der Waals surface area contributed by atoms with Crippen LogP contribution in [0, 0.1) is 5.92 Å². The Morgan fingerprint density at radius 3 is 2.71 bits per heavy atom. The molecule has 35 heavy (non-hydrogen) atoms. The lowest BCUT2D eigenvalue weighted by atomic mass is 9.95. The zero-order valence-electron chi connectivity index (χ0n) is 20.0. The van der Waals surface area contributed by atoms with Crippen LogP contribution in [-0.2, 0) is 16.0 Å². The number of hydrogen-bond acceptors (Lipinski definition) is 6. The summed E-state index contributed by atoms with van der Waals surface area (Å²) in [4.78, 5) is 27.4. The van der Waals surface area contributed by atoms with Crippen molar-refractivity contribution in [3.8, 4) is 23.0 Å². The Kier molecular flexibility index (Phi) is 6.53. The summed E-state index contributed by atoms with van der Waals surface area (Å²) in [6, 6.07) is 9.31. The number of nitrogens with one attached hydrogen (secondary N) is 1. The molecule has 0 aromatic heterocycles. The van der Waals surface area contributed by atoms with Crippen molar-refractivity contribution in [2.45, 2.75) is 39.2 Å². The van der Waals surface area contributed by atoms with Crippen LogP contribution in [0.15, 0.2) is 36.4 Å². The maximum atomic E-state index is 12.8. The first-order chi connectivity index (χ1) is 17.0. The summed E-state index contributed by atoms with van der Waals surface area (Å²) < 4.78 is 22.3. The van der Waals surface area contributed by atoms with Gasteiger partial charge in [-0.15, -0.1) is 0 Å². The van der Waals surface area contributed by atoms with E-state index in [9.17, 15) is 9.59 Å². The maximum Gasteiger partial charge on any atom is 0.246 e. The fourth-order valence-corrected chi connectivity index (χ4v) is 4.71. The van der Waals surface area contributed by atoms with Gasteiger partial charge in [-0.25, -0.2) is 0 Å². The lowest BCUT2D eigenvalue weighted by molar-refractivity contribution is -0.130. The van der Waals surface area contributed by atoms with E-state index in [1.807, 2.05) is 26.0 Å². The number of carbonyl (C=O) groups excluding carboxylic acids is 2. The Morgan fingerprint density at radius 1 is 1.11 bits per heavy atom. The van der Waals surface area contributed by atoms with Gasteiger partial charge >= 0.3 is 0 Å². The van der Waals surface area contributed by atoms with E-state index in [0.29, 0.717) is 49.7 Å². The van der Waals surface area contributed by atoms with Crippen molar-refractivity contribution in [1.29, 1.82) is 0 Å². The minimum atomic E-state index is -0.145. The Balaban J connectivity index is 1.17. The number of anilines is 1. The molecule has 2 aromatic carbocycles. The smallest absolute Gasteiger partial charge is 0.246 e. The van der Waals surface area contributed by atoms with Crippen LogP contribution in [0.4, 0.5) is 5.69 Å². The van der Waals surface area contributed by atoms with Gasteiger partial charge in [-0.3, -0.25) is 9.59 Å². The number of amides is 2. The number of ether oxygens (including phenoxy) is 4. The van der Waals surface area contributed by atoms with Crippen molar-refractivity contribution in [3.05, 3.63) is 47.5 Å². The number of rotatable bonds is 6. The monoisotopic (exact) mass is 478 g/mol. The van der Waals surface area contributed by atoms with E-state index < -0.39 is 0 Å². The van der Waals surface area contributed by atoms with Crippen LogP contribution in [0.2, 0.25) is 0 Å². The van der Waals surface area contributed by atoms with Crippen molar-refractivity contribution < 1.29 is 28.5 Å². The predicted octanol–water partition coefficient (Wildman–Crippen LogP) is 4.03. The first-order valence-electron chi connectivity index (χ1n) is 12.1. The largest absolute Gasteiger partial charge is 0.493 e. The van der Waals surface area contributed by atoms with Gasteiger partial charge in [0, 0.05) is 54.4 Å². The molecule has 0 aliphatic carbocycles. The molecule has 3 aliphatic rings. The van der Waals surface area contributed by atoms with E-state index in [1.54, 1.807) is 35.3 Å². The summed E-state index contributed by atoms with van der Waals surface area (Å²) in [5.41, 5.74) is 2.63. The van der Waals surface area contributed by atoms with Crippen LogP contribution < -0.4 is 24.3 Å². The highest BCUT2D eigenvalue weighted by atomic mass is 16.7. The van der Waals surface area contributed by atoms with E-state index in [4.69, 9.17) is 18.9 Å². The van der Waals surface area contributed by atoms with Crippen molar-refractivity contribution in [3.63, 3.8) is 0 Å². The molecule has 1 atom stereocenters. The maximum absolute atomic E-state index is 12.8. The van der Waals surface area contributed by atoms with Crippen LogP contribution in [0.25, 0.3) is 6.08 Å². The molecule has 1 saturated heterocycles. The third-order valence-corrected chi connectivity index (χ3v) is 6.55. The molecule has 2 aromatic rings. The van der Waals surface area contributed by atoms with Gasteiger partial charge in [-0.1, -0.05) is 0 Å². The molecule has 8 heteroatoms. The molecule has 0 saturated carbocycles. The summed E-state index contributed by atoms with van der Waals surface area (Å²) in [5.74, 6) is 2.66. The zero-order chi connectivity index (χ0) is 24.4. The van der Waals surface area contributed by atoms with Gasteiger partial charge in [-0.05, 0) is 57.0 Å². The second kappa shape index (κ2) is 9.90. The fourth-order valence-electron chi connectivity index (χ4n) is 4.71. The highest BCUT2D eigenvalue weighted by Gasteiger charge is 2.27. The number of piperidine rings is 1. The van der Waals surface area contributed by atoms with E-state index in [1.165, 1.54) is 0 Å². The topological polar surface area (TPSA) is 86.3 Å². The van der Waals surface area contributed by atoms with Gasteiger partial charge in [-0.2, -0.15) is 0 Å². The third-order valence-electron chi connectivity index (χ3n) is 6.55. The van der Waals surface area contributed by atoms with Crippen molar-refractivity contribution in [2.75, 3.05) is 31.8 Å². The quantitative estimate of drug-likeness (QED) is 0.631. The van der Waals surface area contributed by atoms with E-state index >= 15 is 0 Å². The third kappa shape index (κ3) is 5.06. The minimum Gasteiger partial charge on any atom is -0.493 e. The molecule has 2 amide bonds. The minimum absolute atomic E-state index is 0.0415. The molecule has 0 radical (unpaired) electrons. The lowest BCUT2D eigenvalue weighted by Crippen LogP contribution is -2.40. The van der Waals surface area contributed by atoms with Gasteiger partial charge in [0.2, 0.25) is 18.6 Å². The molecule has 184 valence electrons. The van der Waals surface area contributed by atoms with Gasteiger partial charge in [0.1, 0.15) is 17.6 Å². The van der Waals surface area contributed by atoms with Crippen LogP contribution in [0.1, 0.15) is 37.8 Å². The Hall–Kier alpha value is -3.68. The van der Waals surface area contributed by atoms with Crippen molar-refractivity contribution >= 4 is 23.6 Å².